The molecule has 0 aliphatic carbocycles. The highest BCUT2D eigenvalue weighted by atomic mass is 16.5. The summed E-state index contributed by atoms with van der Waals surface area (Å²) in [5.41, 5.74) is 0. The molecule has 1 amide bonds. The van der Waals surface area contributed by atoms with Crippen LogP contribution >= 0.6 is 0 Å². The minimum absolute atomic E-state index is 0.0646. The summed E-state index contributed by atoms with van der Waals surface area (Å²) in [5.74, 6) is 0.0398. The first kappa shape index (κ1) is 16.3. The van der Waals surface area contributed by atoms with Crippen molar-refractivity contribution in [3.63, 3.8) is 0 Å². The molecular formula is C16H28N2O3. The third-order valence-corrected chi connectivity index (χ3v) is 4.61. The predicted molar refractivity (Wildman–Crippen MR) is 80.8 cm³/mol. The number of carbonyl (C=O) groups is 2. The van der Waals surface area contributed by atoms with E-state index >= 15 is 0 Å². The average molecular weight is 296 g/mol. The number of hydrogen-bond donors (Lipinski definition) is 0. The Balaban J connectivity index is 1.84. The monoisotopic (exact) mass is 296 g/mol. The number of nitrogens with zero attached hydrogens (tertiary/aromatic N) is 2. The Morgan fingerprint density at radius 3 is 2.67 bits per heavy atom. The summed E-state index contributed by atoms with van der Waals surface area (Å²) in [6.45, 7) is 7.29. The van der Waals surface area contributed by atoms with Crippen LogP contribution in [-0.4, -0.2) is 60.5 Å². The van der Waals surface area contributed by atoms with Crippen LogP contribution < -0.4 is 0 Å². The summed E-state index contributed by atoms with van der Waals surface area (Å²) in [4.78, 5) is 28.4. The van der Waals surface area contributed by atoms with Gasteiger partial charge in [0.25, 0.3) is 0 Å². The highest BCUT2D eigenvalue weighted by Crippen LogP contribution is 2.20. The average Bonchev–Trinajstić information content (AvgIpc) is 2.48. The van der Waals surface area contributed by atoms with E-state index in [1.165, 1.54) is 6.42 Å². The number of likely N-dealkylation sites (tertiary alicyclic amines) is 2. The second-order valence-electron chi connectivity index (χ2n) is 6.26. The molecule has 0 aromatic rings. The normalized spacial score (nSPS) is 27.4. The van der Waals surface area contributed by atoms with E-state index in [1.807, 2.05) is 11.8 Å². The lowest BCUT2D eigenvalue weighted by molar-refractivity contribution is -0.151. The molecule has 2 saturated heterocycles. The molecule has 2 atom stereocenters. The minimum atomic E-state index is -0.110. The zero-order valence-corrected chi connectivity index (χ0v) is 13.3. The Hall–Kier alpha value is -1.10. The maximum atomic E-state index is 12.4. The zero-order valence-electron chi connectivity index (χ0n) is 13.3. The van der Waals surface area contributed by atoms with Crippen molar-refractivity contribution >= 4 is 11.9 Å². The molecule has 5 heteroatoms. The summed E-state index contributed by atoms with van der Waals surface area (Å²) in [7, 11) is 0. The van der Waals surface area contributed by atoms with Crippen molar-refractivity contribution < 1.29 is 14.3 Å². The van der Waals surface area contributed by atoms with E-state index in [-0.39, 0.29) is 17.8 Å². The van der Waals surface area contributed by atoms with Gasteiger partial charge in [-0.2, -0.15) is 0 Å². The van der Waals surface area contributed by atoms with Crippen LogP contribution in [0.2, 0.25) is 0 Å². The van der Waals surface area contributed by atoms with Crippen LogP contribution in [0.15, 0.2) is 0 Å². The molecule has 0 aromatic heterocycles. The number of esters is 1. The maximum Gasteiger partial charge on any atom is 0.310 e. The third-order valence-electron chi connectivity index (χ3n) is 4.61. The molecule has 0 spiro atoms. The van der Waals surface area contributed by atoms with Gasteiger partial charge in [0.05, 0.1) is 19.1 Å². The second kappa shape index (κ2) is 7.78. The first-order valence-corrected chi connectivity index (χ1v) is 8.30. The Labute approximate surface area is 127 Å². The fourth-order valence-electron chi connectivity index (χ4n) is 3.40. The first-order chi connectivity index (χ1) is 10.1. The van der Waals surface area contributed by atoms with Crippen molar-refractivity contribution in [1.29, 1.82) is 0 Å². The van der Waals surface area contributed by atoms with Gasteiger partial charge < -0.3 is 9.64 Å². The number of hydrogen-bond acceptors (Lipinski definition) is 4. The number of carbonyl (C=O) groups excluding carboxylic acids is 2. The Kier molecular flexibility index (Phi) is 6.03. The summed E-state index contributed by atoms with van der Waals surface area (Å²) >= 11 is 0. The lowest BCUT2D eigenvalue weighted by atomic mass is 9.98. The number of amides is 1. The predicted octanol–water partition coefficient (Wildman–Crippen LogP) is 1.66. The van der Waals surface area contributed by atoms with Crippen LogP contribution in [0.5, 0.6) is 0 Å². The Bertz CT molecular complexity index is 373. The summed E-state index contributed by atoms with van der Waals surface area (Å²) < 4.78 is 5.11. The van der Waals surface area contributed by atoms with Gasteiger partial charge in [-0.1, -0.05) is 0 Å². The molecule has 120 valence electrons. The second-order valence-corrected chi connectivity index (χ2v) is 6.26. The molecule has 2 fully saturated rings. The fraction of sp³-hybridized carbons (Fsp3) is 0.875. The van der Waals surface area contributed by atoms with Gasteiger partial charge in [0.15, 0.2) is 0 Å². The quantitative estimate of drug-likeness (QED) is 0.740. The van der Waals surface area contributed by atoms with Gasteiger partial charge in [-0.25, -0.2) is 0 Å². The highest BCUT2D eigenvalue weighted by Gasteiger charge is 2.30. The summed E-state index contributed by atoms with van der Waals surface area (Å²) in [5, 5.41) is 0. The van der Waals surface area contributed by atoms with Crippen LogP contribution in [-0.2, 0) is 14.3 Å². The van der Waals surface area contributed by atoms with E-state index < -0.39 is 0 Å². The van der Waals surface area contributed by atoms with Crippen molar-refractivity contribution in [2.75, 3.05) is 32.8 Å². The maximum absolute atomic E-state index is 12.4. The molecule has 2 aliphatic rings. The van der Waals surface area contributed by atoms with Crippen LogP contribution in [0.4, 0.5) is 0 Å². The van der Waals surface area contributed by atoms with E-state index in [0.29, 0.717) is 25.7 Å². The van der Waals surface area contributed by atoms with Crippen molar-refractivity contribution in [3.05, 3.63) is 0 Å². The molecular weight excluding hydrogens is 268 g/mol. The number of piperidine rings is 2. The lowest BCUT2D eigenvalue weighted by Crippen LogP contribution is -2.49. The smallest absolute Gasteiger partial charge is 0.310 e. The van der Waals surface area contributed by atoms with Gasteiger partial charge in [-0.05, 0) is 52.5 Å². The van der Waals surface area contributed by atoms with Gasteiger partial charge in [-0.15, -0.1) is 0 Å². The topological polar surface area (TPSA) is 49.9 Å². The molecule has 5 nitrogen and oxygen atoms in total. The molecule has 2 heterocycles. The van der Waals surface area contributed by atoms with Crippen molar-refractivity contribution in [2.45, 2.75) is 52.0 Å². The fourth-order valence-corrected chi connectivity index (χ4v) is 3.40. The van der Waals surface area contributed by atoms with Crippen molar-refractivity contribution in [1.82, 2.24) is 9.80 Å². The van der Waals surface area contributed by atoms with E-state index in [9.17, 15) is 9.59 Å². The molecule has 21 heavy (non-hydrogen) atoms. The lowest BCUT2D eigenvalue weighted by Gasteiger charge is -2.37. The number of rotatable bonds is 4. The molecule has 2 rings (SSSR count). The van der Waals surface area contributed by atoms with Crippen LogP contribution in [0.1, 0.15) is 46.0 Å². The molecule has 0 radical (unpaired) electrons. The molecule has 0 saturated carbocycles. The highest BCUT2D eigenvalue weighted by molar-refractivity contribution is 5.79. The van der Waals surface area contributed by atoms with E-state index in [1.54, 1.807) is 0 Å². The van der Waals surface area contributed by atoms with E-state index in [2.05, 4.69) is 11.8 Å². The van der Waals surface area contributed by atoms with Crippen LogP contribution in [0.25, 0.3) is 0 Å². The SMILES string of the molecule is CCOC(=O)[C@H]1CCCN(CC(=O)N2CCCCC2C)C1. The van der Waals surface area contributed by atoms with E-state index in [0.717, 1.165) is 38.8 Å². The van der Waals surface area contributed by atoms with Gasteiger partial charge in [0.2, 0.25) is 5.91 Å². The van der Waals surface area contributed by atoms with Crippen LogP contribution in [0.3, 0.4) is 0 Å². The molecule has 1 unspecified atom stereocenters. The Morgan fingerprint density at radius 1 is 1.14 bits per heavy atom. The zero-order chi connectivity index (χ0) is 15.2. The summed E-state index contributed by atoms with van der Waals surface area (Å²) in [6.07, 6.45) is 5.29. The van der Waals surface area contributed by atoms with Crippen molar-refractivity contribution in [3.8, 4) is 0 Å². The standard InChI is InChI=1S/C16H28N2O3/c1-3-21-16(20)14-8-6-9-17(11-14)12-15(19)18-10-5-4-7-13(18)2/h13-14H,3-12H2,1-2H3/t13?,14-/m0/s1. The third kappa shape index (κ3) is 4.43. The van der Waals surface area contributed by atoms with Gasteiger partial charge in [0, 0.05) is 19.1 Å². The molecule has 0 bridgehead atoms. The van der Waals surface area contributed by atoms with Crippen LogP contribution in [0, 0.1) is 5.92 Å². The molecule has 0 N–H and O–H groups in total. The largest absolute Gasteiger partial charge is 0.466 e. The number of ether oxygens (including phenoxy) is 1. The molecule has 0 aromatic carbocycles. The minimum Gasteiger partial charge on any atom is -0.466 e. The van der Waals surface area contributed by atoms with Crippen molar-refractivity contribution in [2.24, 2.45) is 5.92 Å². The first-order valence-electron chi connectivity index (χ1n) is 8.30. The van der Waals surface area contributed by atoms with Gasteiger partial charge in [-0.3, -0.25) is 14.5 Å². The van der Waals surface area contributed by atoms with Gasteiger partial charge in [0.1, 0.15) is 0 Å². The molecule has 2 aliphatic heterocycles. The summed E-state index contributed by atoms with van der Waals surface area (Å²) in [6, 6.07) is 0.358. The van der Waals surface area contributed by atoms with Gasteiger partial charge >= 0.3 is 5.97 Å². The van der Waals surface area contributed by atoms with E-state index in [4.69, 9.17) is 4.74 Å². The Morgan fingerprint density at radius 2 is 1.95 bits per heavy atom.